The molecule has 2 aromatic rings. The van der Waals surface area contributed by atoms with E-state index < -0.39 is 0 Å². The van der Waals surface area contributed by atoms with Crippen molar-refractivity contribution in [3.8, 4) is 5.88 Å². The normalized spacial score (nSPS) is 17.6. The molecule has 24 heavy (non-hydrogen) atoms. The van der Waals surface area contributed by atoms with Crippen molar-refractivity contribution < 1.29 is 14.1 Å². The minimum Gasteiger partial charge on any atom is -0.479 e. The Bertz CT molecular complexity index is 784. The quantitative estimate of drug-likeness (QED) is 0.851. The SMILES string of the molecule is COc1cc(C(=O)NC2CCCN(c3nccn(C)c3=O)C2)on1. The van der Waals surface area contributed by atoms with Crippen LogP contribution in [0.1, 0.15) is 23.4 Å². The maximum atomic E-state index is 12.2. The van der Waals surface area contributed by atoms with Gasteiger partial charge in [-0.15, -0.1) is 0 Å². The standard InChI is InChI=1S/C15H19N5O4/c1-19-7-5-16-13(15(19)22)20-6-3-4-10(9-20)17-14(21)11-8-12(23-2)18-24-11/h5,7-8,10H,3-4,6,9H2,1-2H3,(H,17,21). The Kier molecular flexibility index (Phi) is 4.50. The lowest BCUT2D eigenvalue weighted by Crippen LogP contribution is -2.49. The van der Waals surface area contributed by atoms with Crippen LogP contribution in [-0.4, -0.2) is 46.9 Å². The largest absolute Gasteiger partial charge is 0.479 e. The average Bonchev–Trinajstić information content (AvgIpc) is 3.07. The number of aryl methyl sites for hydroxylation is 1. The molecule has 1 unspecified atom stereocenters. The number of hydrogen-bond donors (Lipinski definition) is 1. The molecule has 9 nitrogen and oxygen atoms in total. The van der Waals surface area contributed by atoms with Crippen LogP contribution in [-0.2, 0) is 7.05 Å². The Morgan fingerprint density at radius 2 is 2.33 bits per heavy atom. The number of piperidine rings is 1. The lowest BCUT2D eigenvalue weighted by molar-refractivity contribution is 0.0895. The van der Waals surface area contributed by atoms with Crippen LogP contribution in [0.3, 0.4) is 0 Å². The Labute approximate surface area is 138 Å². The topological polar surface area (TPSA) is 102 Å². The molecule has 0 radical (unpaired) electrons. The number of nitrogens with one attached hydrogen (secondary N) is 1. The molecule has 1 saturated heterocycles. The van der Waals surface area contributed by atoms with E-state index in [-0.39, 0.29) is 29.1 Å². The van der Waals surface area contributed by atoms with E-state index >= 15 is 0 Å². The number of anilines is 1. The summed E-state index contributed by atoms with van der Waals surface area (Å²) in [5, 5.41) is 6.51. The lowest BCUT2D eigenvalue weighted by Gasteiger charge is -2.33. The van der Waals surface area contributed by atoms with Crippen LogP contribution < -0.4 is 20.5 Å². The highest BCUT2D eigenvalue weighted by Gasteiger charge is 2.25. The molecule has 1 aliphatic rings. The Balaban J connectivity index is 1.68. The van der Waals surface area contributed by atoms with E-state index in [0.717, 1.165) is 19.4 Å². The van der Waals surface area contributed by atoms with Crippen LogP contribution in [0.5, 0.6) is 5.88 Å². The third-order valence-corrected chi connectivity index (χ3v) is 3.98. The predicted molar refractivity (Wildman–Crippen MR) is 85.2 cm³/mol. The van der Waals surface area contributed by atoms with E-state index in [9.17, 15) is 9.59 Å². The smallest absolute Gasteiger partial charge is 0.293 e. The van der Waals surface area contributed by atoms with Gasteiger partial charge in [-0.3, -0.25) is 9.59 Å². The summed E-state index contributed by atoms with van der Waals surface area (Å²) in [6, 6.07) is 1.33. The third-order valence-electron chi connectivity index (χ3n) is 3.98. The van der Waals surface area contributed by atoms with Crippen molar-refractivity contribution in [2.24, 2.45) is 7.05 Å². The fourth-order valence-corrected chi connectivity index (χ4v) is 2.71. The first-order chi connectivity index (χ1) is 11.6. The Morgan fingerprint density at radius 1 is 1.50 bits per heavy atom. The third kappa shape index (κ3) is 3.24. The minimum absolute atomic E-state index is 0.0951. The number of carbonyl (C=O) groups excluding carboxylic acids is 1. The van der Waals surface area contributed by atoms with Gasteiger partial charge in [0.05, 0.1) is 13.2 Å². The van der Waals surface area contributed by atoms with Crippen LogP contribution in [0.2, 0.25) is 0 Å². The van der Waals surface area contributed by atoms with Gasteiger partial charge in [0.25, 0.3) is 17.3 Å². The van der Waals surface area contributed by atoms with E-state index in [1.165, 1.54) is 17.7 Å². The average molecular weight is 333 g/mol. The summed E-state index contributed by atoms with van der Waals surface area (Å²) in [5.41, 5.74) is -0.149. The molecule has 1 atom stereocenters. The molecule has 0 spiro atoms. The van der Waals surface area contributed by atoms with Crippen molar-refractivity contribution in [2.45, 2.75) is 18.9 Å². The van der Waals surface area contributed by atoms with Gasteiger partial charge >= 0.3 is 0 Å². The highest BCUT2D eigenvalue weighted by atomic mass is 16.5. The molecule has 2 aromatic heterocycles. The number of hydrogen-bond acceptors (Lipinski definition) is 7. The summed E-state index contributed by atoms with van der Waals surface area (Å²) in [6.07, 6.45) is 4.89. The van der Waals surface area contributed by atoms with Crippen LogP contribution in [0.15, 0.2) is 27.8 Å². The summed E-state index contributed by atoms with van der Waals surface area (Å²) in [5.74, 6) is 0.395. The molecule has 3 heterocycles. The van der Waals surface area contributed by atoms with Crippen LogP contribution in [0, 0.1) is 0 Å². The second-order valence-corrected chi connectivity index (χ2v) is 5.66. The molecule has 1 amide bonds. The second kappa shape index (κ2) is 6.73. The van der Waals surface area contributed by atoms with Crippen LogP contribution in [0.25, 0.3) is 0 Å². The zero-order valence-electron chi connectivity index (χ0n) is 13.6. The number of aromatic nitrogens is 3. The van der Waals surface area contributed by atoms with Gasteiger partial charge in [0.15, 0.2) is 5.82 Å². The Morgan fingerprint density at radius 3 is 3.08 bits per heavy atom. The van der Waals surface area contributed by atoms with Gasteiger partial charge in [0.2, 0.25) is 5.76 Å². The number of carbonyl (C=O) groups is 1. The van der Waals surface area contributed by atoms with Gasteiger partial charge in [0, 0.05) is 38.6 Å². The lowest BCUT2D eigenvalue weighted by atomic mass is 10.1. The van der Waals surface area contributed by atoms with Crippen LogP contribution >= 0.6 is 0 Å². The number of nitrogens with zero attached hydrogens (tertiary/aromatic N) is 4. The molecular weight excluding hydrogens is 314 g/mol. The highest BCUT2D eigenvalue weighted by Crippen LogP contribution is 2.16. The van der Waals surface area contributed by atoms with E-state index in [2.05, 4.69) is 15.5 Å². The van der Waals surface area contributed by atoms with Crippen LogP contribution in [0.4, 0.5) is 5.82 Å². The van der Waals surface area contributed by atoms with E-state index in [4.69, 9.17) is 9.26 Å². The first kappa shape index (κ1) is 16.0. The maximum absolute atomic E-state index is 12.2. The predicted octanol–water partition coefficient (Wildman–Crippen LogP) is 0.176. The van der Waals surface area contributed by atoms with Gasteiger partial charge in [-0.1, -0.05) is 0 Å². The molecule has 1 aliphatic heterocycles. The van der Waals surface area contributed by atoms with Gasteiger partial charge in [-0.25, -0.2) is 4.98 Å². The minimum atomic E-state index is -0.355. The Hall–Kier alpha value is -2.84. The van der Waals surface area contributed by atoms with Crippen molar-refractivity contribution >= 4 is 11.7 Å². The number of rotatable bonds is 4. The molecule has 0 aromatic carbocycles. The second-order valence-electron chi connectivity index (χ2n) is 5.66. The van der Waals surface area contributed by atoms with E-state index in [1.54, 1.807) is 19.4 Å². The zero-order valence-corrected chi connectivity index (χ0v) is 13.6. The van der Waals surface area contributed by atoms with Crippen molar-refractivity contribution in [1.29, 1.82) is 0 Å². The van der Waals surface area contributed by atoms with Crippen molar-refractivity contribution in [3.63, 3.8) is 0 Å². The molecule has 3 rings (SSSR count). The summed E-state index contributed by atoms with van der Waals surface area (Å²) >= 11 is 0. The zero-order chi connectivity index (χ0) is 17.1. The number of methoxy groups -OCH3 is 1. The molecular formula is C15H19N5O4. The van der Waals surface area contributed by atoms with E-state index in [0.29, 0.717) is 12.4 Å². The first-order valence-electron chi connectivity index (χ1n) is 7.66. The number of amides is 1. The summed E-state index contributed by atoms with van der Waals surface area (Å²) < 4.78 is 11.3. The molecule has 0 bridgehead atoms. The van der Waals surface area contributed by atoms with Gasteiger partial charge in [0.1, 0.15) is 0 Å². The molecule has 128 valence electrons. The van der Waals surface area contributed by atoms with E-state index in [1.807, 2.05) is 4.90 Å². The van der Waals surface area contributed by atoms with Crippen molar-refractivity contribution in [1.82, 2.24) is 20.0 Å². The molecule has 1 N–H and O–H groups in total. The monoisotopic (exact) mass is 333 g/mol. The molecule has 1 fully saturated rings. The fourth-order valence-electron chi connectivity index (χ4n) is 2.71. The van der Waals surface area contributed by atoms with Gasteiger partial charge in [-0.05, 0) is 18.0 Å². The molecule has 9 heteroatoms. The maximum Gasteiger partial charge on any atom is 0.293 e. The summed E-state index contributed by atoms with van der Waals surface area (Å²) in [4.78, 5) is 30.5. The summed E-state index contributed by atoms with van der Waals surface area (Å²) in [7, 11) is 3.14. The molecule has 0 saturated carbocycles. The number of ether oxygens (including phenoxy) is 1. The van der Waals surface area contributed by atoms with Gasteiger partial charge in [-0.2, -0.15) is 0 Å². The summed E-state index contributed by atoms with van der Waals surface area (Å²) in [6.45, 7) is 1.25. The molecule has 0 aliphatic carbocycles. The van der Waals surface area contributed by atoms with Crippen molar-refractivity contribution in [3.05, 3.63) is 34.6 Å². The van der Waals surface area contributed by atoms with Crippen molar-refractivity contribution in [2.75, 3.05) is 25.1 Å². The highest BCUT2D eigenvalue weighted by molar-refractivity contribution is 5.91. The first-order valence-corrected chi connectivity index (χ1v) is 7.66. The van der Waals surface area contributed by atoms with Gasteiger partial charge < -0.3 is 24.0 Å². The fraction of sp³-hybridized carbons (Fsp3) is 0.467.